The first-order valence-electron chi connectivity index (χ1n) is 9.86. The largest absolute Gasteiger partial charge is 0.389 e. The molecular formula is C21H30ClN3O2. The average molecular weight is 392 g/mol. The van der Waals surface area contributed by atoms with E-state index < -0.39 is 5.60 Å². The molecule has 0 saturated carbocycles. The molecule has 1 aliphatic rings. The third-order valence-electron chi connectivity index (χ3n) is 5.66. The smallest absolute Gasteiger partial charge is 0.166 e. The number of likely N-dealkylation sites (tertiary alicyclic amines) is 1. The van der Waals surface area contributed by atoms with Gasteiger partial charge in [-0.05, 0) is 57.8 Å². The fourth-order valence-electron chi connectivity index (χ4n) is 4.30. The van der Waals surface area contributed by atoms with Gasteiger partial charge in [0.05, 0.1) is 27.4 Å². The van der Waals surface area contributed by atoms with Gasteiger partial charge in [0.15, 0.2) is 5.78 Å². The number of carbonyl (C=O) groups excluding carboxylic acids is 1. The number of fused-ring (bicyclic) bond motifs is 1. The van der Waals surface area contributed by atoms with Crippen molar-refractivity contribution in [1.82, 2.24) is 14.5 Å². The lowest BCUT2D eigenvalue weighted by Crippen LogP contribution is -2.43. The Bertz CT molecular complexity index is 817. The van der Waals surface area contributed by atoms with Gasteiger partial charge in [-0.3, -0.25) is 4.79 Å². The van der Waals surface area contributed by atoms with Gasteiger partial charge >= 0.3 is 0 Å². The molecule has 1 saturated heterocycles. The summed E-state index contributed by atoms with van der Waals surface area (Å²) in [4.78, 5) is 14.8. The maximum atomic E-state index is 12.5. The zero-order valence-corrected chi connectivity index (χ0v) is 17.5. The number of β-amino-alcohol motifs (C(OH)–C–C–N with tert-alkyl or cyclic N) is 1. The summed E-state index contributed by atoms with van der Waals surface area (Å²) in [6.07, 6.45) is 4.26. The number of hydrogen-bond donors (Lipinski definition) is 1. The third-order valence-corrected chi connectivity index (χ3v) is 6.04. The molecule has 1 unspecified atom stereocenters. The summed E-state index contributed by atoms with van der Waals surface area (Å²) in [5.41, 5.74) is 1.69. The molecule has 2 aromatic heterocycles. The Morgan fingerprint density at radius 1 is 1.41 bits per heavy atom. The van der Waals surface area contributed by atoms with Gasteiger partial charge in [-0.2, -0.15) is 5.10 Å². The summed E-state index contributed by atoms with van der Waals surface area (Å²) in [6, 6.07) is 3.77. The van der Waals surface area contributed by atoms with Gasteiger partial charge < -0.3 is 10.0 Å². The van der Waals surface area contributed by atoms with Crippen LogP contribution in [-0.4, -0.2) is 50.6 Å². The van der Waals surface area contributed by atoms with Crippen molar-refractivity contribution < 1.29 is 9.90 Å². The van der Waals surface area contributed by atoms with E-state index in [1.54, 1.807) is 6.20 Å². The van der Waals surface area contributed by atoms with Gasteiger partial charge in [0, 0.05) is 25.1 Å². The fourth-order valence-corrected chi connectivity index (χ4v) is 4.76. The van der Waals surface area contributed by atoms with Crippen molar-refractivity contribution in [2.24, 2.45) is 5.92 Å². The van der Waals surface area contributed by atoms with E-state index in [9.17, 15) is 9.90 Å². The van der Waals surface area contributed by atoms with E-state index in [2.05, 4.69) is 16.9 Å². The van der Waals surface area contributed by atoms with E-state index in [0.717, 1.165) is 37.1 Å². The minimum Gasteiger partial charge on any atom is -0.389 e. The fraction of sp³-hybridized carbons (Fsp3) is 0.619. The van der Waals surface area contributed by atoms with E-state index in [1.807, 2.05) is 37.4 Å². The highest BCUT2D eigenvalue weighted by Crippen LogP contribution is 2.39. The lowest BCUT2D eigenvalue weighted by molar-refractivity contribution is 0.0229. The van der Waals surface area contributed by atoms with Crippen LogP contribution in [0.3, 0.4) is 0 Å². The Morgan fingerprint density at radius 2 is 2.07 bits per heavy atom. The summed E-state index contributed by atoms with van der Waals surface area (Å²) >= 11 is 6.73. The Balaban J connectivity index is 1.86. The number of aromatic nitrogens is 2. The minimum absolute atomic E-state index is 0.0592. The van der Waals surface area contributed by atoms with Gasteiger partial charge in [-0.1, -0.05) is 25.4 Å². The summed E-state index contributed by atoms with van der Waals surface area (Å²) in [6.45, 7) is 10.4. The molecule has 0 radical (unpaired) electrons. The number of ketones is 1. The zero-order valence-electron chi connectivity index (χ0n) is 16.7. The topological polar surface area (TPSA) is 57.8 Å². The maximum Gasteiger partial charge on any atom is 0.166 e. The summed E-state index contributed by atoms with van der Waals surface area (Å²) in [5, 5.41) is 15.1. The van der Waals surface area contributed by atoms with Crippen LogP contribution in [0, 0.1) is 5.92 Å². The lowest BCUT2D eigenvalue weighted by atomic mass is 9.83. The number of aliphatic hydroxyl groups is 1. The van der Waals surface area contributed by atoms with Gasteiger partial charge in [-0.25, -0.2) is 4.52 Å². The SMILES string of the molecule is CCC(=O)c1c(Cl)c(C(C)C2CCN(CC(C)(C)O)CC2)n2ncccc12. The van der Waals surface area contributed by atoms with Crippen molar-refractivity contribution >= 4 is 22.9 Å². The molecule has 148 valence electrons. The minimum atomic E-state index is -0.668. The molecule has 0 spiro atoms. The standard InChI is InChI=1S/C21H30ClN3O2/c1-5-17(26)18-16-7-6-10-23-25(16)20(19(18)22)14(2)15-8-11-24(12-9-15)13-21(3,4)27/h6-7,10,14-15,27H,5,8-9,11-13H2,1-4H3. The summed E-state index contributed by atoms with van der Waals surface area (Å²) in [7, 11) is 0. The second kappa shape index (κ2) is 7.90. The number of rotatable bonds is 6. The van der Waals surface area contributed by atoms with Gasteiger partial charge in [0.25, 0.3) is 0 Å². The molecule has 6 heteroatoms. The number of nitrogens with zero attached hydrogens (tertiary/aromatic N) is 3. The number of piperidine rings is 1. The van der Waals surface area contributed by atoms with Gasteiger partial charge in [0.2, 0.25) is 0 Å². The van der Waals surface area contributed by atoms with Crippen LogP contribution in [-0.2, 0) is 0 Å². The van der Waals surface area contributed by atoms with Crippen LogP contribution in [0.2, 0.25) is 5.02 Å². The number of hydrogen-bond acceptors (Lipinski definition) is 4. The lowest BCUT2D eigenvalue weighted by Gasteiger charge is -2.37. The monoisotopic (exact) mass is 391 g/mol. The van der Waals surface area contributed by atoms with Crippen molar-refractivity contribution in [1.29, 1.82) is 0 Å². The van der Waals surface area contributed by atoms with E-state index in [0.29, 0.717) is 29.5 Å². The van der Waals surface area contributed by atoms with Crippen molar-refractivity contribution in [2.45, 2.75) is 58.5 Å². The first-order chi connectivity index (χ1) is 12.7. The highest BCUT2D eigenvalue weighted by Gasteiger charge is 2.32. The zero-order chi connectivity index (χ0) is 19.8. The summed E-state index contributed by atoms with van der Waals surface area (Å²) < 4.78 is 1.86. The third kappa shape index (κ3) is 4.20. The molecule has 27 heavy (non-hydrogen) atoms. The Morgan fingerprint density at radius 3 is 2.67 bits per heavy atom. The molecule has 3 rings (SSSR count). The highest BCUT2D eigenvalue weighted by atomic mass is 35.5. The molecule has 0 bridgehead atoms. The quantitative estimate of drug-likeness (QED) is 0.751. The molecule has 5 nitrogen and oxygen atoms in total. The van der Waals surface area contributed by atoms with Crippen LogP contribution in [0.5, 0.6) is 0 Å². The van der Waals surface area contributed by atoms with Crippen LogP contribution >= 0.6 is 11.6 Å². The molecule has 1 N–H and O–H groups in total. The van der Waals surface area contributed by atoms with Crippen molar-refractivity contribution in [3.05, 3.63) is 34.6 Å². The predicted molar refractivity (Wildman–Crippen MR) is 109 cm³/mol. The van der Waals surface area contributed by atoms with E-state index >= 15 is 0 Å². The van der Waals surface area contributed by atoms with Crippen molar-refractivity contribution in [2.75, 3.05) is 19.6 Å². The molecule has 0 aromatic carbocycles. The van der Waals surface area contributed by atoms with Crippen LogP contribution in [0.1, 0.15) is 68.9 Å². The molecule has 1 aliphatic heterocycles. The van der Waals surface area contributed by atoms with Crippen LogP contribution in [0.15, 0.2) is 18.3 Å². The normalized spacial score (nSPS) is 18.1. The van der Waals surface area contributed by atoms with E-state index in [-0.39, 0.29) is 11.7 Å². The Labute approximate surface area is 166 Å². The van der Waals surface area contributed by atoms with Crippen molar-refractivity contribution in [3.8, 4) is 0 Å². The van der Waals surface area contributed by atoms with Crippen LogP contribution in [0.4, 0.5) is 0 Å². The van der Waals surface area contributed by atoms with Gasteiger partial charge in [-0.15, -0.1) is 0 Å². The van der Waals surface area contributed by atoms with Crippen LogP contribution in [0.25, 0.3) is 5.52 Å². The van der Waals surface area contributed by atoms with Crippen LogP contribution < -0.4 is 0 Å². The van der Waals surface area contributed by atoms with E-state index in [1.165, 1.54) is 0 Å². The molecule has 1 fully saturated rings. The van der Waals surface area contributed by atoms with Crippen molar-refractivity contribution in [3.63, 3.8) is 0 Å². The Kier molecular flexibility index (Phi) is 5.94. The predicted octanol–water partition coefficient (Wildman–Crippen LogP) is 4.17. The van der Waals surface area contributed by atoms with Gasteiger partial charge in [0.1, 0.15) is 0 Å². The molecular weight excluding hydrogens is 362 g/mol. The molecule has 2 aromatic rings. The second-order valence-electron chi connectivity index (χ2n) is 8.39. The average Bonchev–Trinajstić information content (AvgIpc) is 2.91. The molecule has 0 aliphatic carbocycles. The number of halogens is 1. The molecule has 3 heterocycles. The first-order valence-corrected chi connectivity index (χ1v) is 10.2. The molecule has 0 amide bonds. The summed E-state index contributed by atoms with van der Waals surface area (Å²) in [5.74, 6) is 0.747. The number of Topliss-reactive ketones (excluding diaryl/α,β-unsaturated/α-hetero) is 1. The van der Waals surface area contributed by atoms with E-state index in [4.69, 9.17) is 11.6 Å². The second-order valence-corrected chi connectivity index (χ2v) is 8.76. The number of carbonyl (C=O) groups is 1. The maximum absolute atomic E-state index is 12.5. The highest BCUT2D eigenvalue weighted by molar-refractivity contribution is 6.36. The molecule has 1 atom stereocenters. The Hall–Kier alpha value is -1.43. The first kappa shape index (κ1) is 20.3.